The molecule has 1 aromatic rings. The Kier molecular flexibility index (Phi) is 5.22. The molecule has 5 nitrogen and oxygen atoms in total. The summed E-state index contributed by atoms with van der Waals surface area (Å²) in [5.74, 6) is 0. The molecule has 2 N–H and O–H groups in total. The van der Waals surface area contributed by atoms with Crippen molar-refractivity contribution in [1.82, 2.24) is 15.2 Å². The molecule has 3 aliphatic carbocycles. The normalized spacial score (nSPS) is 21.9. The van der Waals surface area contributed by atoms with Gasteiger partial charge in [0.25, 0.3) is 5.56 Å². The van der Waals surface area contributed by atoms with E-state index >= 15 is 0 Å². The van der Waals surface area contributed by atoms with Gasteiger partial charge in [-0.1, -0.05) is 11.6 Å². The lowest BCUT2D eigenvalue weighted by atomic mass is 9.88. The minimum Gasteiger partial charge on any atom is -0.379 e. The fourth-order valence-corrected chi connectivity index (χ4v) is 5.29. The van der Waals surface area contributed by atoms with E-state index in [9.17, 15) is 4.79 Å². The van der Waals surface area contributed by atoms with Crippen molar-refractivity contribution in [2.75, 3.05) is 45.9 Å². The van der Waals surface area contributed by atoms with Gasteiger partial charge in [0.05, 0.1) is 13.2 Å². The van der Waals surface area contributed by atoms with Crippen molar-refractivity contribution in [3.8, 4) is 0 Å². The molecule has 2 heterocycles. The van der Waals surface area contributed by atoms with Gasteiger partial charge in [0.15, 0.2) is 0 Å². The van der Waals surface area contributed by atoms with Gasteiger partial charge in [0, 0.05) is 50.4 Å². The van der Waals surface area contributed by atoms with Crippen LogP contribution < -0.4 is 10.9 Å². The first-order chi connectivity index (χ1) is 13.8. The number of morpholine rings is 1. The van der Waals surface area contributed by atoms with E-state index in [1.165, 1.54) is 34.3 Å². The largest absolute Gasteiger partial charge is 0.379 e. The Bertz CT molecular complexity index is 875. The number of nitrogens with one attached hydrogen (secondary N) is 2. The molecular weight excluding hydrogens is 350 g/mol. The highest BCUT2D eigenvalue weighted by molar-refractivity contribution is 5.79. The standard InChI is InChI=1S/C23H31N3O2/c27-23-20-4-2-1-3-19(20)21-14-17-13-16(5-6-18(17)22(21)25-23)15-24-7-8-26-9-11-28-12-10-26/h13,24H,1-12,14-15H2,(H,25,27). The summed E-state index contributed by atoms with van der Waals surface area (Å²) in [6.07, 6.45) is 10.0. The molecular formula is C23H31N3O2. The maximum Gasteiger partial charge on any atom is 0.251 e. The second-order valence-corrected chi connectivity index (χ2v) is 8.59. The fourth-order valence-electron chi connectivity index (χ4n) is 5.29. The smallest absolute Gasteiger partial charge is 0.251 e. The van der Waals surface area contributed by atoms with Gasteiger partial charge in [-0.3, -0.25) is 9.69 Å². The van der Waals surface area contributed by atoms with E-state index in [4.69, 9.17) is 4.74 Å². The first kappa shape index (κ1) is 18.3. The number of H-pyrrole nitrogens is 1. The molecule has 0 amide bonds. The Hall–Kier alpha value is -1.69. The van der Waals surface area contributed by atoms with E-state index < -0.39 is 0 Å². The van der Waals surface area contributed by atoms with Gasteiger partial charge < -0.3 is 15.0 Å². The first-order valence-electron chi connectivity index (χ1n) is 11.0. The van der Waals surface area contributed by atoms with Gasteiger partial charge in [-0.05, 0) is 60.8 Å². The number of ether oxygens (including phenoxy) is 1. The second kappa shape index (κ2) is 7.97. The molecule has 1 aromatic heterocycles. The van der Waals surface area contributed by atoms with Crippen molar-refractivity contribution < 1.29 is 4.74 Å². The lowest BCUT2D eigenvalue weighted by molar-refractivity contribution is 0.0385. The maximum atomic E-state index is 12.6. The van der Waals surface area contributed by atoms with Crippen molar-refractivity contribution in [3.05, 3.63) is 50.0 Å². The highest BCUT2D eigenvalue weighted by Gasteiger charge is 2.29. The third-order valence-electron chi connectivity index (χ3n) is 6.84. The van der Waals surface area contributed by atoms with Gasteiger partial charge in [0.1, 0.15) is 0 Å². The van der Waals surface area contributed by atoms with Crippen LogP contribution in [0.25, 0.3) is 5.57 Å². The van der Waals surface area contributed by atoms with Crippen LogP contribution >= 0.6 is 0 Å². The number of allylic oxidation sites excluding steroid dienone is 3. The van der Waals surface area contributed by atoms with Crippen molar-refractivity contribution in [2.24, 2.45) is 0 Å². The number of hydrogen-bond donors (Lipinski definition) is 2. The molecule has 0 aromatic carbocycles. The molecule has 5 rings (SSSR count). The van der Waals surface area contributed by atoms with Crippen molar-refractivity contribution in [1.29, 1.82) is 0 Å². The summed E-state index contributed by atoms with van der Waals surface area (Å²) in [5.41, 5.74) is 9.55. The van der Waals surface area contributed by atoms with Crippen molar-refractivity contribution in [2.45, 2.75) is 44.9 Å². The number of aromatic amines is 1. The van der Waals surface area contributed by atoms with E-state index in [0.717, 1.165) is 95.7 Å². The fraction of sp³-hybridized carbons (Fsp3) is 0.609. The molecule has 0 saturated carbocycles. The van der Waals surface area contributed by atoms with Crippen LogP contribution in [-0.2, 0) is 24.0 Å². The van der Waals surface area contributed by atoms with E-state index in [1.54, 1.807) is 0 Å². The molecule has 0 spiro atoms. The zero-order chi connectivity index (χ0) is 18.9. The lowest BCUT2D eigenvalue weighted by Gasteiger charge is -2.26. The second-order valence-electron chi connectivity index (χ2n) is 8.59. The molecule has 28 heavy (non-hydrogen) atoms. The Morgan fingerprint density at radius 2 is 1.86 bits per heavy atom. The highest BCUT2D eigenvalue weighted by atomic mass is 16.5. The van der Waals surface area contributed by atoms with Gasteiger partial charge in [0.2, 0.25) is 0 Å². The summed E-state index contributed by atoms with van der Waals surface area (Å²) in [4.78, 5) is 18.3. The summed E-state index contributed by atoms with van der Waals surface area (Å²) < 4.78 is 5.41. The molecule has 4 aliphatic rings. The van der Waals surface area contributed by atoms with Crippen LogP contribution in [0.3, 0.4) is 0 Å². The molecule has 5 heteroatoms. The van der Waals surface area contributed by atoms with Gasteiger partial charge in [-0.2, -0.15) is 0 Å². The molecule has 0 bridgehead atoms. The molecule has 1 aliphatic heterocycles. The SMILES string of the molecule is O=c1[nH]c2c(c3c1CCCC3)CC1=C2CCC(CNCCN2CCOCC2)=C1. The lowest BCUT2D eigenvalue weighted by Crippen LogP contribution is -2.40. The van der Waals surface area contributed by atoms with E-state index in [2.05, 4.69) is 21.3 Å². The summed E-state index contributed by atoms with van der Waals surface area (Å²) >= 11 is 0. The minimum atomic E-state index is 0.168. The summed E-state index contributed by atoms with van der Waals surface area (Å²) in [7, 11) is 0. The Balaban J connectivity index is 1.24. The molecule has 1 saturated heterocycles. The van der Waals surface area contributed by atoms with Gasteiger partial charge in [-0.15, -0.1) is 0 Å². The molecule has 0 unspecified atom stereocenters. The molecule has 150 valence electrons. The van der Waals surface area contributed by atoms with Crippen LogP contribution in [0.1, 0.15) is 48.1 Å². The molecule has 0 atom stereocenters. The Morgan fingerprint density at radius 1 is 1.04 bits per heavy atom. The number of fused-ring (bicyclic) bond motifs is 4. The van der Waals surface area contributed by atoms with Crippen LogP contribution in [0.2, 0.25) is 0 Å². The molecule has 0 radical (unpaired) electrons. The van der Waals surface area contributed by atoms with Crippen molar-refractivity contribution in [3.63, 3.8) is 0 Å². The highest BCUT2D eigenvalue weighted by Crippen LogP contribution is 2.41. The first-order valence-corrected chi connectivity index (χ1v) is 11.0. The van der Waals surface area contributed by atoms with Crippen LogP contribution in [0.15, 0.2) is 22.0 Å². The predicted octanol–water partition coefficient (Wildman–Crippen LogP) is 2.21. The number of aromatic nitrogens is 1. The average molecular weight is 382 g/mol. The third kappa shape index (κ3) is 3.51. The monoisotopic (exact) mass is 381 g/mol. The summed E-state index contributed by atoms with van der Waals surface area (Å²) in [5, 5.41) is 3.63. The van der Waals surface area contributed by atoms with Gasteiger partial charge in [-0.25, -0.2) is 0 Å². The van der Waals surface area contributed by atoms with E-state index in [-0.39, 0.29) is 5.56 Å². The van der Waals surface area contributed by atoms with Crippen molar-refractivity contribution >= 4 is 5.57 Å². The topological polar surface area (TPSA) is 57.4 Å². The number of pyridine rings is 1. The van der Waals surface area contributed by atoms with E-state index in [0.29, 0.717) is 0 Å². The number of hydrogen-bond acceptors (Lipinski definition) is 4. The number of rotatable bonds is 5. The Morgan fingerprint density at radius 3 is 2.71 bits per heavy atom. The quantitative estimate of drug-likeness (QED) is 0.768. The van der Waals surface area contributed by atoms with Crippen LogP contribution in [0.5, 0.6) is 0 Å². The predicted molar refractivity (Wildman–Crippen MR) is 112 cm³/mol. The molecule has 1 fully saturated rings. The van der Waals surface area contributed by atoms with Gasteiger partial charge >= 0.3 is 0 Å². The number of nitrogens with zero attached hydrogens (tertiary/aromatic N) is 1. The van der Waals surface area contributed by atoms with Crippen LogP contribution in [-0.4, -0.2) is 55.8 Å². The zero-order valence-electron chi connectivity index (χ0n) is 16.7. The third-order valence-corrected chi connectivity index (χ3v) is 6.84. The average Bonchev–Trinajstić information content (AvgIpc) is 3.10. The summed E-state index contributed by atoms with van der Waals surface area (Å²) in [6, 6.07) is 0. The minimum absolute atomic E-state index is 0.168. The van der Waals surface area contributed by atoms with Crippen LogP contribution in [0.4, 0.5) is 0 Å². The zero-order valence-corrected chi connectivity index (χ0v) is 16.7. The Labute approximate surface area is 166 Å². The van der Waals surface area contributed by atoms with E-state index in [1.807, 2.05) is 0 Å². The summed E-state index contributed by atoms with van der Waals surface area (Å²) in [6.45, 7) is 6.96. The maximum absolute atomic E-state index is 12.6. The van der Waals surface area contributed by atoms with Crippen LogP contribution in [0, 0.1) is 0 Å².